The van der Waals surface area contributed by atoms with E-state index in [0.717, 1.165) is 55.6 Å². The van der Waals surface area contributed by atoms with Gasteiger partial charge in [0.1, 0.15) is 0 Å². The molecule has 2 heterocycles. The third-order valence-electron chi connectivity index (χ3n) is 3.58. The minimum atomic E-state index is 0.0558. The Morgan fingerprint density at radius 3 is 2.83 bits per heavy atom. The van der Waals surface area contributed by atoms with Crippen molar-refractivity contribution in [3.63, 3.8) is 0 Å². The molecular weight excluding hydrogens is 322 g/mol. The lowest BCUT2D eigenvalue weighted by atomic mass is 10.3. The van der Waals surface area contributed by atoms with Crippen LogP contribution in [-0.4, -0.2) is 35.6 Å². The highest BCUT2D eigenvalue weighted by Crippen LogP contribution is 2.07. The number of aryl methyl sites for hydroxylation is 2. The van der Waals surface area contributed by atoms with Crippen molar-refractivity contribution < 1.29 is 0 Å². The van der Waals surface area contributed by atoms with Gasteiger partial charge in [-0.3, -0.25) is 9.79 Å². The van der Waals surface area contributed by atoms with Crippen LogP contribution < -0.4 is 16.2 Å². The smallest absolute Gasteiger partial charge is 0.250 e. The van der Waals surface area contributed by atoms with Crippen molar-refractivity contribution in [2.45, 2.75) is 32.7 Å². The summed E-state index contributed by atoms with van der Waals surface area (Å²) in [6.07, 6.45) is 4.65. The number of guanidine groups is 1. The number of hydrogen-bond donors (Lipinski definition) is 2. The second-order valence-corrected chi connectivity index (χ2v) is 6.54. The molecule has 7 heteroatoms. The molecule has 6 nitrogen and oxygen atoms in total. The number of nitrogens with zero attached hydrogens (tertiary/aromatic N) is 3. The quantitative estimate of drug-likeness (QED) is 0.434. The van der Waals surface area contributed by atoms with Crippen molar-refractivity contribution >= 4 is 17.3 Å². The normalized spacial score (nSPS) is 11.5. The Morgan fingerprint density at radius 2 is 2.12 bits per heavy atom. The van der Waals surface area contributed by atoms with E-state index in [4.69, 9.17) is 0 Å². The van der Waals surface area contributed by atoms with E-state index in [2.05, 4.69) is 26.0 Å². The molecule has 0 saturated carbocycles. The summed E-state index contributed by atoms with van der Waals surface area (Å²) >= 11 is 1.68. The van der Waals surface area contributed by atoms with E-state index < -0.39 is 0 Å². The number of aliphatic imine (C=N–C) groups is 1. The zero-order chi connectivity index (χ0) is 17.2. The van der Waals surface area contributed by atoms with Gasteiger partial charge < -0.3 is 15.2 Å². The lowest BCUT2D eigenvalue weighted by molar-refractivity contribution is 0.585. The summed E-state index contributed by atoms with van der Waals surface area (Å²) in [4.78, 5) is 20.2. The van der Waals surface area contributed by atoms with Gasteiger partial charge in [-0.25, -0.2) is 4.98 Å². The van der Waals surface area contributed by atoms with E-state index in [9.17, 15) is 4.79 Å². The van der Waals surface area contributed by atoms with Gasteiger partial charge in [0, 0.05) is 50.7 Å². The third-order valence-corrected chi connectivity index (χ3v) is 4.40. The molecule has 0 amide bonds. The number of unbranched alkanes of at least 4 members (excludes halogenated alkanes) is 1. The van der Waals surface area contributed by atoms with Crippen LogP contribution in [0.2, 0.25) is 0 Å². The van der Waals surface area contributed by atoms with E-state index >= 15 is 0 Å². The number of pyridine rings is 1. The maximum absolute atomic E-state index is 11.6. The van der Waals surface area contributed by atoms with Crippen LogP contribution in [0.25, 0.3) is 0 Å². The molecule has 0 fully saturated rings. The fourth-order valence-electron chi connectivity index (χ4n) is 2.31. The highest BCUT2D eigenvalue weighted by molar-refractivity contribution is 7.09. The number of thiazole rings is 1. The fraction of sp³-hybridized carbons (Fsp3) is 0.471. The van der Waals surface area contributed by atoms with Crippen LogP contribution in [0.4, 0.5) is 0 Å². The van der Waals surface area contributed by atoms with Gasteiger partial charge in [0.2, 0.25) is 5.56 Å². The van der Waals surface area contributed by atoms with Gasteiger partial charge in [0.15, 0.2) is 5.96 Å². The summed E-state index contributed by atoms with van der Waals surface area (Å²) in [5.74, 6) is 0.804. The maximum Gasteiger partial charge on any atom is 0.250 e. The molecule has 0 unspecified atom stereocenters. The van der Waals surface area contributed by atoms with E-state index in [1.54, 1.807) is 35.1 Å². The minimum absolute atomic E-state index is 0.0558. The first-order valence-corrected chi connectivity index (χ1v) is 9.08. The van der Waals surface area contributed by atoms with Crippen molar-refractivity contribution in [2.75, 3.05) is 20.1 Å². The second-order valence-electron chi connectivity index (χ2n) is 5.47. The summed E-state index contributed by atoms with van der Waals surface area (Å²) < 4.78 is 1.74. The van der Waals surface area contributed by atoms with Gasteiger partial charge in [0.05, 0.1) is 10.7 Å². The first-order chi connectivity index (χ1) is 11.7. The van der Waals surface area contributed by atoms with Crippen molar-refractivity contribution in [1.82, 2.24) is 20.2 Å². The second kappa shape index (κ2) is 9.87. The highest BCUT2D eigenvalue weighted by atomic mass is 32.1. The van der Waals surface area contributed by atoms with Gasteiger partial charge in [-0.1, -0.05) is 6.07 Å². The number of nitrogens with one attached hydrogen (secondary N) is 2. The monoisotopic (exact) mass is 347 g/mol. The van der Waals surface area contributed by atoms with Crippen LogP contribution in [0.3, 0.4) is 0 Å². The Morgan fingerprint density at radius 1 is 1.29 bits per heavy atom. The molecule has 0 aliphatic rings. The number of aromatic nitrogens is 2. The maximum atomic E-state index is 11.6. The van der Waals surface area contributed by atoms with Crippen LogP contribution in [-0.2, 0) is 13.0 Å². The van der Waals surface area contributed by atoms with Crippen molar-refractivity contribution in [3.8, 4) is 0 Å². The molecule has 2 rings (SSSR count). The van der Waals surface area contributed by atoms with Crippen LogP contribution in [0.15, 0.2) is 39.6 Å². The summed E-state index contributed by atoms with van der Waals surface area (Å²) in [6, 6.07) is 5.24. The Kier molecular flexibility index (Phi) is 7.48. The van der Waals surface area contributed by atoms with Crippen molar-refractivity contribution in [2.24, 2.45) is 4.99 Å². The zero-order valence-electron chi connectivity index (χ0n) is 14.3. The van der Waals surface area contributed by atoms with E-state index in [-0.39, 0.29) is 5.56 Å². The highest BCUT2D eigenvalue weighted by Gasteiger charge is 2.00. The molecule has 0 aliphatic heterocycles. The molecule has 2 aromatic rings. The molecule has 130 valence electrons. The summed E-state index contributed by atoms with van der Waals surface area (Å²) in [7, 11) is 1.77. The Balaban J connectivity index is 1.59. The van der Waals surface area contributed by atoms with Gasteiger partial charge in [-0.15, -0.1) is 11.3 Å². The first-order valence-electron chi connectivity index (χ1n) is 8.20. The Hall–Kier alpha value is -2.15. The molecule has 24 heavy (non-hydrogen) atoms. The topological polar surface area (TPSA) is 71.3 Å². The summed E-state index contributed by atoms with van der Waals surface area (Å²) in [6.45, 7) is 4.40. The zero-order valence-corrected chi connectivity index (χ0v) is 15.1. The van der Waals surface area contributed by atoms with Crippen molar-refractivity contribution in [3.05, 3.63) is 50.8 Å². The molecule has 0 radical (unpaired) electrons. The SMILES string of the molecule is CN=C(NCCCCn1ccccc1=O)NCCc1csc(C)n1. The molecule has 0 atom stereocenters. The van der Waals surface area contributed by atoms with Crippen molar-refractivity contribution in [1.29, 1.82) is 0 Å². The molecule has 2 aromatic heterocycles. The van der Waals surface area contributed by atoms with E-state index in [0.29, 0.717) is 0 Å². The summed E-state index contributed by atoms with van der Waals surface area (Å²) in [5, 5.41) is 9.79. The molecular formula is C17H25N5OS. The predicted octanol–water partition coefficient (Wildman–Crippen LogP) is 1.80. The molecule has 0 spiro atoms. The van der Waals surface area contributed by atoms with E-state index in [1.165, 1.54) is 0 Å². The fourth-order valence-corrected chi connectivity index (χ4v) is 2.96. The largest absolute Gasteiger partial charge is 0.356 e. The van der Waals surface area contributed by atoms with Gasteiger partial charge in [-0.05, 0) is 25.8 Å². The lowest BCUT2D eigenvalue weighted by Gasteiger charge is -2.11. The van der Waals surface area contributed by atoms with Crippen LogP contribution in [0.1, 0.15) is 23.5 Å². The van der Waals surface area contributed by atoms with Crippen LogP contribution in [0.5, 0.6) is 0 Å². The summed E-state index contributed by atoms with van der Waals surface area (Å²) in [5.41, 5.74) is 1.17. The number of hydrogen-bond acceptors (Lipinski definition) is 4. The molecule has 0 aromatic carbocycles. The molecule has 0 aliphatic carbocycles. The van der Waals surface area contributed by atoms with Crippen LogP contribution in [0, 0.1) is 6.92 Å². The molecule has 0 bridgehead atoms. The predicted molar refractivity (Wildman–Crippen MR) is 99.9 cm³/mol. The van der Waals surface area contributed by atoms with Crippen LogP contribution >= 0.6 is 11.3 Å². The molecule has 2 N–H and O–H groups in total. The van der Waals surface area contributed by atoms with Gasteiger partial charge in [0.25, 0.3) is 0 Å². The molecule has 0 saturated heterocycles. The van der Waals surface area contributed by atoms with Gasteiger partial charge >= 0.3 is 0 Å². The average Bonchev–Trinajstić information content (AvgIpc) is 3.00. The van der Waals surface area contributed by atoms with Gasteiger partial charge in [-0.2, -0.15) is 0 Å². The number of rotatable bonds is 8. The minimum Gasteiger partial charge on any atom is -0.356 e. The Labute approximate surface area is 146 Å². The lowest BCUT2D eigenvalue weighted by Crippen LogP contribution is -2.38. The average molecular weight is 347 g/mol. The standard InChI is InChI=1S/C17H25N5OS/c1-14-21-15(13-24-14)8-10-20-17(18-2)19-9-4-6-12-22-11-5-3-7-16(22)23/h3,5,7,11,13H,4,6,8-10,12H2,1-2H3,(H2,18,19,20). The first kappa shape index (κ1) is 18.2. The third kappa shape index (κ3) is 6.16. The van der Waals surface area contributed by atoms with E-state index in [1.807, 2.05) is 19.2 Å². The Bertz CT molecular complexity index is 707.